The normalized spacial score (nSPS) is 18.3. The second-order valence-corrected chi connectivity index (χ2v) is 5.85. The van der Waals surface area contributed by atoms with Crippen LogP contribution < -0.4 is 10.6 Å². The van der Waals surface area contributed by atoms with E-state index in [1.54, 1.807) is 0 Å². The maximum atomic E-state index is 11.6. The van der Waals surface area contributed by atoms with Crippen LogP contribution in [0.4, 0.5) is 4.79 Å². The van der Waals surface area contributed by atoms with E-state index in [4.69, 9.17) is 5.11 Å². The highest BCUT2D eigenvalue weighted by Crippen LogP contribution is 2.34. The van der Waals surface area contributed by atoms with Crippen LogP contribution in [-0.4, -0.2) is 42.3 Å². The van der Waals surface area contributed by atoms with Crippen molar-refractivity contribution in [3.05, 3.63) is 0 Å². The van der Waals surface area contributed by atoms with E-state index in [-0.39, 0.29) is 6.04 Å². The number of carbonyl (C=O) groups excluding carboxylic acids is 2. The van der Waals surface area contributed by atoms with Crippen molar-refractivity contribution >= 4 is 17.9 Å². The fourth-order valence-corrected chi connectivity index (χ4v) is 2.16. The lowest BCUT2D eigenvalue weighted by atomic mass is 9.76. The zero-order valence-electron chi connectivity index (χ0n) is 11.9. The molecule has 0 saturated heterocycles. The molecule has 3 N–H and O–H groups in total. The summed E-state index contributed by atoms with van der Waals surface area (Å²) in [5.41, 5.74) is 0.315. The van der Waals surface area contributed by atoms with E-state index in [1.165, 1.54) is 0 Å². The maximum absolute atomic E-state index is 11.6. The third-order valence-corrected chi connectivity index (χ3v) is 3.39. The Bertz CT molecular complexity index is 371. The van der Waals surface area contributed by atoms with Gasteiger partial charge in [-0.25, -0.2) is 9.59 Å². The molecule has 20 heavy (non-hydrogen) atoms. The molecule has 0 unspecified atom stereocenters. The fourth-order valence-electron chi connectivity index (χ4n) is 2.16. The van der Waals surface area contributed by atoms with Crippen LogP contribution in [0.15, 0.2) is 0 Å². The molecule has 0 aromatic rings. The Morgan fingerprint density at radius 3 is 2.35 bits per heavy atom. The molecule has 1 aliphatic carbocycles. The monoisotopic (exact) mass is 286 g/mol. The third kappa shape index (κ3) is 6.51. The summed E-state index contributed by atoms with van der Waals surface area (Å²) in [4.78, 5) is 33.0. The van der Waals surface area contributed by atoms with Crippen molar-refractivity contribution < 1.29 is 24.2 Å². The first-order valence-electron chi connectivity index (χ1n) is 6.68. The number of hydrogen-bond acceptors (Lipinski definition) is 4. The Morgan fingerprint density at radius 1 is 1.20 bits per heavy atom. The molecule has 0 atom stereocenters. The van der Waals surface area contributed by atoms with Crippen molar-refractivity contribution in [2.24, 2.45) is 5.41 Å². The summed E-state index contributed by atoms with van der Waals surface area (Å²) in [5.74, 6) is -1.81. The Morgan fingerprint density at radius 2 is 1.80 bits per heavy atom. The smallest absolute Gasteiger partial charge is 0.329 e. The van der Waals surface area contributed by atoms with Crippen LogP contribution in [0.5, 0.6) is 0 Å². The molecule has 0 aromatic carbocycles. The number of carbonyl (C=O) groups is 3. The van der Waals surface area contributed by atoms with Gasteiger partial charge in [0.25, 0.3) is 5.91 Å². The first-order chi connectivity index (χ1) is 9.28. The molecule has 0 spiro atoms. The van der Waals surface area contributed by atoms with Gasteiger partial charge in [0, 0.05) is 6.04 Å². The van der Waals surface area contributed by atoms with Gasteiger partial charge in [-0.2, -0.15) is 0 Å². The number of rotatable bonds is 5. The minimum atomic E-state index is -1.16. The van der Waals surface area contributed by atoms with Gasteiger partial charge in [0.1, 0.15) is 13.2 Å². The molecule has 0 bridgehead atoms. The van der Waals surface area contributed by atoms with Gasteiger partial charge in [0.2, 0.25) is 0 Å². The van der Waals surface area contributed by atoms with Gasteiger partial charge < -0.3 is 15.2 Å². The first kappa shape index (κ1) is 16.4. The number of urea groups is 1. The highest BCUT2D eigenvalue weighted by Gasteiger charge is 2.27. The molecule has 0 heterocycles. The number of ether oxygens (including phenoxy) is 1. The Kier molecular flexibility index (Phi) is 5.94. The molecule has 0 aromatic heterocycles. The Hall–Kier alpha value is -1.63. The number of imide groups is 1. The predicted octanol–water partition coefficient (Wildman–Crippen LogP) is 0.882. The van der Waals surface area contributed by atoms with E-state index in [2.05, 4.69) is 29.2 Å². The molecule has 114 valence electrons. The second kappa shape index (κ2) is 7.23. The van der Waals surface area contributed by atoms with Crippen LogP contribution in [0.25, 0.3) is 0 Å². The molecule has 1 rings (SSSR count). The molecule has 7 nitrogen and oxygen atoms in total. The summed E-state index contributed by atoms with van der Waals surface area (Å²) < 4.78 is 4.58. The number of hydrogen-bond donors (Lipinski definition) is 3. The first-order valence-corrected chi connectivity index (χ1v) is 6.68. The largest absolute Gasteiger partial charge is 0.480 e. The molecule has 3 amide bonds. The van der Waals surface area contributed by atoms with E-state index >= 15 is 0 Å². The van der Waals surface area contributed by atoms with Crippen LogP contribution in [0, 0.1) is 5.41 Å². The van der Waals surface area contributed by atoms with E-state index in [1.807, 2.05) is 0 Å². The summed E-state index contributed by atoms with van der Waals surface area (Å²) in [7, 11) is 0. The molecular formula is C13H22N2O5. The molecule has 7 heteroatoms. The Labute approximate surface area is 118 Å². The van der Waals surface area contributed by atoms with Crippen molar-refractivity contribution in [1.82, 2.24) is 10.6 Å². The van der Waals surface area contributed by atoms with Crippen molar-refractivity contribution in [2.75, 3.05) is 13.2 Å². The van der Waals surface area contributed by atoms with E-state index in [9.17, 15) is 14.4 Å². The van der Waals surface area contributed by atoms with Gasteiger partial charge >= 0.3 is 12.0 Å². The van der Waals surface area contributed by atoms with Crippen LogP contribution in [0.3, 0.4) is 0 Å². The number of carboxylic acid groups (broad SMARTS) is 1. The lowest BCUT2D eigenvalue weighted by molar-refractivity contribution is -0.143. The number of amides is 3. The average molecular weight is 286 g/mol. The molecule has 1 aliphatic rings. The lowest BCUT2D eigenvalue weighted by Gasteiger charge is -2.34. The van der Waals surface area contributed by atoms with Gasteiger partial charge in [0.15, 0.2) is 0 Å². The standard InChI is InChI=1S/C13H22N2O5/c1-13(2)5-3-9(4-6-13)14-12(19)15-10(16)7-20-8-11(17)18/h9H,3-8H2,1-2H3,(H,17,18)(H2,14,15,16,19). The van der Waals surface area contributed by atoms with E-state index < -0.39 is 31.1 Å². The summed E-state index contributed by atoms with van der Waals surface area (Å²) in [6.07, 6.45) is 3.86. The number of aliphatic carboxylic acids is 1. The zero-order chi connectivity index (χ0) is 15.2. The van der Waals surface area contributed by atoms with Crippen LogP contribution >= 0.6 is 0 Å². The van der Waals surface area contributed by atoms with Gasteiger partial charge in [-0.05, 0) is 31.1 Å². The third-order valence-electron chi connectivity index (χ3n) is 3.39. The zero-order valence-corrected chi connectivity index (χ0v) is 11.9. The topological polar surface area (TPSA) is 105 Å². The van der Waals surface area contributed by atoms with Crippen molar-refractivity contribution in [1.29, 1.82) is 0 Å². The number of nitrogens with one attached hydrogen (secondary N) is 2. The molecule has 0 radical (unpaired) electrons. The van der Waals surface area contributed by atoms with Crippen molar-refractivity contribution in [3.63, 3.8) is 0 Å². The highest BCUT2D eigenvalue weighted by atomic mass is 16.5. The van der Waals surface area contributed by atoms with Crippen LogP contribution in [-0.2, 0) is 14.3 Å². The Balaban J connectivity index is 2.20. The molecule has 0 aliphatic heterocycles. The summed E-state index contributed by atoms with van der Waals surface area (Å²) >= 11 is 0. The fraction of sp³-hybridized carbons (Fsp3) is 0.769. The van der Waals surface area contributed by atoms with Crippen LogP contribution in [0.1, 0.15) is 39.5 Å². The van der Waals surface area contributed by atoms with Crippen molar-refractivity contribution in [2.45, 2.75) is 45.6 Å². The summed E-state index contributed by atoms with van der Waals surface area (Å²) in [6, 6.07) is -0.477. The second-order valence-electron chi connectivity index (χ2n) is 5.85. The van der Waals surface area contributed by atoms with Crippen LogP contribution in [0.2, 0.25) is 0 Å². The molecular weight excluding hydrogens is 264 g/mol. The molecule has 1 fully saturated rings. The van der Waals surface area contributed by atoms with E-state index in [0.717, 1.165) is 25.7 Å². The number of carboxylic acids is 1. The van der Waals surface area contributed by atoms with Gasteiger partial charge in [-0.3, -0.25) is 10.1 Å². The summed E-state index contributed by atoms with van der Waals surface area (Å²) in [6.45, 7) is 3.39. The van der Waals surface area contributed by atoms with Gasteiger partial charge in [-0.15, -0.1) is 0 Å². The minimum absolute atomic E-state index is 0.0794. The highest BCUT2D eigenvalue weighted by molar-refractivity contribution is 5.95. The van der Waals surface area contributed by atoms with Gasteiger partial charge in [-0.1, -0.05) is 13.8 Å². The summed E-state index contributed by atoms with van der Waals surface area (Å²) in [5, 5.41) is 13.2. The minimum Gasteiger partial charge on any atom is -0.480 e. The SMILES string of the molecule is CC1(C)CCC(NC(=O)NC(=O)COCC(=O)O)CC1. The van der Waals surface area contributed by atoms with Crippen molar-refractivity contribution in [3.8, 4) is 0 Å². The maximum Gasteiger partial charge on any atom is 0.329 e. The predicted molar refractivity (Wildman–Crippen MR) is 71.2 cm³/mol. The average Bonchev–Trinajstić information content (AvgIpc) is 2.31. The van der Waals surface area contributed by atoms with E-state index in [0.29, 0.717) is 5.41 Å². The molecule has 1 saturated carbocycles. The van der Waals surface area contributed by atoms with Gasteiger partial charge in [0.05, 0.1) is 0 Å². The quantitative estimate of drug-likeness (QED) is 0.696. The lowest BCUT2D eigenvalue weighted by Crippen LogP contribution is -2.47.